The van der Waals surface area contributed by atoms with Crippen LogP contribution in [0.2, 0.25) is 0 Å². The third-order valence-electron chi connectivity index (χ3n) is 5.76. The molecule has 27 heavy (non-hydrogen) atoms. The predicted octanol–water partition coefficient (Wildman–Crippen LogP) is 3.89. The van der Waals surface area contributed by atoms with Crippen molar-refractivity contribution in [2.24, 2.45) is 29.1 Å². The standard InChI is InChI=1S/C22H36O5/c1-13-9-10-15-11-22(18(24)26-20(3,4)5,19(25)27-21(6,7)8)12-16(23)17(15)14(13)2/h9-10,13-17,23H,11-12H2,1-8H3/t13-,14-,15-,16+,17+/m0/s1. The van der Waals surface area contributed by atoms with E-state index in [9.17, 15) is 14.7 Å². The molecule has 0 bridgehead atoms. The lowest BCUT2D eigenvalue weighted by Crippen LogP contribution is -2.56. The van der Waals surface area contributed by atoms with E-state index in [1.165, 1.54) is 0 Å². The van der Waals surface area contributed by atoms with Crippen LogP contribution in [-0.2, 0) is 19.1 Å². The zero-order valence-corrected chi connectivity index (χ0v) is 18.0. The molecular weight excluding hydrogens is 344 g/mol. The first kappa shape index (κ1) is 21.9. The minimum absolute atomic E-state index is 0.0306. The largest absolute Gasteiger partial charge is 0.459 e. The lowest BCUT2D eigenvalue weighted by molar-refractivity contribution is -0.196. The topological polar surface area (TPSA) is 72.8 Å². The van der Waals surface area contributed by atoms with Crippen molar-refractivity contribution < 1.29 is 24.2 Å². The summed E-state index contributed by atoms with van der Waals surface area (Å²) in [6.45, 7) is 14.9. The molecule has 0 radical (unpaired) electrons. The zero-order valence-electron chi connectivity index (χ0n) is 18.0. The highest BCUT2D eigenvalue weighted by Crippen LogP contribution is 2.51. The number of esters is 2. The van der Waals surface area contributed by atoms with Gasteiger partial charge in [0.15, 0.2) is 5.41 Å². The molecule has 1 N–H and O–H groups in total. The molecule has 0 aromatic rings. The van der Waals surface area contributed by atoms with Gasteiger partial charge in [0, 0.05) is 6.42 Å². The Hall–Kier alpha value is -1.36. The smallest absolute Gasteiger partial charge is 0.324 e. The number of ether oxygens (including phenoxy) is 2. The summed E-state index contributed by atoms with van der Waals surface area (Å²) in [5.74, 6) is -0.576. The van der Waals surface area contributed by atoms with E-state index in [1.54, 1.807) is 41.5 Å². The summed E-state index contributed by atoms with van der Waals surface area (Å²) in [6.07, 6.45) is 3.78. The van der Waals surface area contributed by atoms with E-state index in [1.807, 2.05) is 0 Å². The average molecular weight is 381 g/mol. The Labute approximate surface area is 163 Å². The first-order chi connectivity index (χ1) is 12.2. The molecule has 0 unspecified atom stereocenters. The van der Waals surface area contributed by atoms with E-state index in [0.29, 0.717) is 12.3 Å². The molecule has 5 nitrogen and oxygen atoms in total. The van der Waals surface area contributed by atoms with Gasteiger partial charge in [-0.15, -0.1) is 0 Å². The van der Waals surface area contributed by atoms with Gasteiger partial charge in [-0.1, -0.05) is 26.0 Å². The SMILES string of the molecule is C[C@@H]1[C@H]2[C@H](O)CC(C(=O)OC(C)(C)C)(C(=O)OC(C)(C)C)C[C@@H]2C=C[C@@H]1C. The van der Waals surface area contributed by atoms with Gasteiger partial charge >= 0.3 is 11.9 Å². The molecule has 0 aliphatic heterocycles. The number of fused-ring (bicyclic) bond motifs is 1. The monoisotopic (exact) mass is 380 g/mol. The lowest BCUT2D eigenvalue weighted by atomic mass is 9.57. The first-order valence-electron chi connectivity index (χ1n) is 9.99. The molecule has 0 amide bonds. The average Bonchev–Trinajstić information content (AvgIpc) is 2.46. The Morgan fingerprint density at radius 1 is 0.926 bits per heavy atom. The molecule has 0 saturated heterocycles. The number of carbonyl (C=O) groups is 2. The van der Waals surface area contributed by atoms with Crippen LogP contribution in [0.25, 0.3) is 0 Å². The molecule has 0 aromatic carbocycles. The number of aliphatic hydroxyl groups is 1. The molecular formula is C22H36O5. The molecule has 1 saturated carbocycles. The molecule has 5 atom stereocenters. The number of hydrogen-bond acceptors (Lipinski definition) is 5. The Balaban J connectivity index is 2.43. The first-order valence-corrected chi connectivity index (χ1v) is 9.99. The maximum absolute atomic E-state index is 13.2. The molecule has 2 rings (SSSR count). The maximum Gasteiger partial charge on any atom is 0.324 e. The summed E-state index contributed by atoms with van der Waals surface area (Å²) in [6, 6.07) is 0. The second kappa shape index (κ2) is 7.23. The van der Waals surface area contributed by atoms with Crippen molar-refractivity contribution in [2.75, 3.05) is 0 Å². The highest BCUT2D eigenvalue weighted by Gasteiger charge is 2.59. The van der Waals surface area contributed by atoms with Gasteiger partial charge in [-0.3, -0.25) is 9.59 Å². The summed E-state index contributed by atoms with van der Waals surface area (Å²) in [5.41, 5.74) is -2.93. The quantitative estimate of drug-likeness (QED) is 0.447. The van der Waals surface area contributed by atoms with Gasteiger partial charge < -0.3 is 14.6 Å². The van der Waals surface area contributed by atoms with Crippen LogP contribution in [0.1, 0.15) is 68.2 Å². The van der Waals surface area contributed by atoms with Crippen molar-refractivity contribution >= 4 is 11.9 Å². The molecule has 0 heterocycles. The van der Waals surface area contributed by atoms with Crippen LogP contribution in [0.4, 0.5) is 0 Å². The number of allylic oxidation sites excluding steroid dienone is 2. The van der Waals surface area contributed by atoms with Crippen molar-refractivity contribution in [2.45, 2.75) is 85.5 Å². The highest BCUT2D eigenvalue weighted by molar-refractivity contribution is 6.00. The van der Waals surface area contributed by atoms with Crippen LogP contribution in [-0.4, -0.2) is 34.4 Å². The molecule has 154 valence electrons. The van der Waals surface area contributed by atoms with Gasteiger partial charge in [-0.05, 0) is 71.6 Å². The summed E-state index contributed by atoms with van der Waals surface area (Å²) in [4.78, 5) is 26.3. The van der Waals surface area contributed by atoms with E-state index in [-0.39, 0.29) is 24.2 Å². The number of aliphatic hydroxyl groups excluding tert-OH is 1. The van der Waals surface area contributed by atoms with Crippen molar-refractivity contribution in [3.05, 3.63) is 12.2 Å². The summed E-state index contributed by atoms with van der Waals surface area (Å²) < 4.78 is 11.2. The van der Waals surface area contributed by atoms with Crippen LogP contribution in [0, 0.1) is 29.1 Å². The third-order valence-corrected chi connectivity index (χ3v) is 5.76. The molecule has 0 aromatic heterocycles. The normalized spacial score (nSPS) is 33.1. The Morgan fingerprint density at radius 2 is 1.41 bits per heavy atom. The van der Waals surface area contributed by atoms with E-state index in [4.69, 9.17) is 9.47 Å². The summed E-state index contributed by atoms with van der Waals surface area (Å²) >= 11 is 0. The highest BCUT2D eigenvalue weighted by atomic mass is 16.6. The third kappa shape index (κ3) is 4.74. The van der Waals surface area contributed by atoms with Crippen molar-refractivity contribution in [3.8, 4) is 0 Å². The molecule has 2 aliphatic rings. The number of hydrogen-bond donors (Lipinski definition) is 1. The van der Waals surface area contributed by atoms with Crippen LogP contribution >= 0.6 is 0 Å². The summed E-state index contributed by atoms with van der Waals surface area (Å²) in [7, 11) is 0. The number of rotatable bonds is 2. The lowest BCUT2D eigenvalue weighted by Gasteiger charge is -2.49. The van der Waals surface area contributed by atoms with Gasteiger partial charge in [0.1, 0.15) is 11.2 Å². The second-order valence-corrected chi connectivity index (χ2v) is 10.4. The second-order valence-electron chi connectivity index (χ2n) is 10.4. The predicted molar refractivity (Wildman–Crippen MR) is 104 cm³/mol. The van der Waals surface area contributed by atoms with Crippen LogP contribution in [0.15, 0.2) is 12.2 Å². The zero-order chi connectivity index (χ0) is 20.8. The molecule has 2 aliphatic carbocycles. The van der Waals surface area contributed by atoms with Crippen LogP contribution in [0.5, 0.6) is 0 Å². The fraction of sp³-hybridized carbons (Fsp3) is 0.818. The Kier molecular flexibility index (Phi) is 5.87. The fourth-order valence-electron chi connectivity index (χ4n) is 4.35. The van der Waals surface area contributed by atoms with Gasteiger partial charge in [-0.2, -0.15) is 0 Å². The van der Waals surface area contributed by atoms with Crippen molar-refractivity contribution in [3.63, 3.8) is 0 Å². The van der Waals surface area contributed by atoms with E-state index in [0.717, 1.165) is 0 Å². The van der Waals surface area contributed by atoms with Gasteiger partial charge in [0.2, 0.25) is 0 Å². The minimum Gasteiger partial charge on any atom is -0.459 e. The van der Waals surface area contributed by atoms with Crippen molar-refractivity contribution in [1.29, 1.82) is 0 Å². The molecule has 0 spiro atoms. The van der Waals surface area contributed by atoms with Gasteiger partial charge in [-0.25, -0.2) is 0 Å². The van der Waals surface area contributed by atoms with E-state index < -0.39 is 34.7 Å². The Bertz CT molecular complexity index is 579. The van der Waals surface area contributed by atoms with Gasteiger partial charge in [0.25, 0.3) is 0 Å². The fourth-order valence-corrected chi connectivity index (χ4v) is 4.35. The molecule has 1 fully saturated rings. The molecule has 5 heteroatoms. The van der Waals surface area contributed by atoms with Crippen molar-refractivity contribution in [1.82, 2.24) is 0 Å². The summed E-state index contributed by atoms with van der Waals surface area (Å²) in [5, 5.41) is 11.0. The Morgan fingerprint density at radius 3 is 1.85 bits per heavy atom. The van der Waals surface area contributed by atoms with Crippen LogP contribution in [0.3, 0.4) is 0 Å². The van der Waals surface area contributed by atoms with E-state index in [2.05, 4.69) is 26.0 Å². The maximum atomic E-state index is 13.2. The van der Waals surface area contributed by atoms with E-state index >= 15 is 0 Å². The van der Waals surface area contributed by atoms with Gasteiger partial charge in [0.05, 0.1) is 6.10 Å². The van der Waals surface area contributed by atoms with Crippen LogP contribution < -0.4 is 0 Å². The minimum atomic E-state index is -1.48. The number of carbonyl (C=O) groups excluding carboxylic acids is 2.